The van der Waals surface area contributed by atoms with Gasteiger partial charge in [-0.3, -0.25) is 0 Å². The van der Waals surface area contributed by atoms with Crippen molar-refractivity contribution in [3.05, 3.63) is 0 Å². The fourth-order valence-corrected chi connectivity index (χ4v) is 3.80. The molecule has 0 aliphatic heterocycles. The minimum Gasteiger partial charge on any atom is -0.390 e. The summed E-state index contributed by atoms with van der Waals surface area (Å²) in [7, 11) is 0. The Bertz CT molecular complexity index is 212. The first kappa shape index (κ1) is 16.3. The first-order valence-electron chi connectivity index (χ1n) is 7.44. The van der Waals surface area contributed by atoms with E-state index in [1.807, 2.05) is 0 Å². The van der Waals surface area contributed by atoms with E-state index < -0.39 is 0 Å². The van der Waals surface area contributed by atoms with E-state index in [1.54, 1.807) is 0 Å². The summed E-state index contributed by atoms with van der Waals surface area (Å²) in [5.41, 5.74) is 0. The molecule has 3 atom stereocenters. The van der Waals surface area contributed by atoms with Gasteiger partial charge in [0, 0.05) is 24.4 Å². The number of rotatable bonds is 9. The molecule has 1 rings (SSSR count). The second-order valence-electron chi connectivity index (χ2n) is 5.14. The molecule has 4 heteroatoms. The summed E-state index contributed by atoms with van der Waals surface area (Å²) in [5.74, 6) is 1.22. The number of aliphatic hydroxyl groups excluding tert-OH is 1. The highest BCUT2D eigenvalue weighted by molar-refractivity contribution is 7.99. The van der Waals surface area contributed by atoms with Crippen LogP contribution in [0, 0.1) is 0 Å². The number of aliphatic hydroxyl groups is 1. The molecule has 3 nitrogen and oxygen atoms in total. The van der Waals surface area contributed by atoms with Gasteiger partial charge < -0.3 is 15.3 Å². The van der Waals surface area contributed by atoms with Crippen molar-refractivity contribution in [3.8, 4) is 0 Å². The van der Waals surface area contributed by atoms with Crippen molar-refractivity contribution in [2.75, 3.05) is 31.9 Å². The summed E-state index contributed by atoms with van der Waals surface area (Å²) >= 11 is 2.08. The van der Waals surface area contributed by atoms with Gasteiger partial charge in [-0.05, 0) is 38.1 Å². The van der Waals surface area contributed by atoms with Gasteiger partial charge in [0.1, 0.15) is 0 Å². The molecule has 0 aromatic rings. The maximum atomic E-state index is 10.0. The largest absolute Gasteiger partial charge is 0.390 e. The van der Waals surface area contributed by atoms with Gasteiger partial charge in [-0.2, -0.15) is 11.8 Å². The number of hydrogen-bond donors (Lipinski definition) is 2. The Hall–Kier alpha value is 0.230. The molecule has 1 aliphatic carbocycles. The van der Waals surface area contributed by atoms with Crippen LogP contribution in [0.4, 0.5) is 0 Å². The molecule has 0 saturated heterocycles. The second kappa shape index (κ2) is 9.18. The van der Waals surface area contributed by atoms with Crippen LogP contribution in [0.3, 0.4) is 0 Å². The molecule has 0 spiro atoms. The van der Waals surface area contributed by atoms with Crippen LogP contribution < -0.4 is 5.32 Å². The quantitative estimate of drug-likeness (QED) is 0.674. The van der Waals surface area contributed by atoms with Gasteiger partial charge in [0.2, 0.25) is 0 Å². The SMILES string of the molecule is CCSC1CCC(NCC(O)CN(CC)CC)C1. The molecule has 1 aliphatic rings. The first-order chi connectivity index (χ1) is 8.69. The minimum absolute atomic E-state index is 0.234. The highest BCUT2D eigenvalue weighted by Gasteiger charge is 2.24. The molecular formula is C14H30N2OS. The van der Waals surface area contributed by atoms with Crippen molar-refractivity contribution in [1.82, 2.24) is 10.2 Å². The lowest BCUT2D eigenvalue weighted by atomic mass is 10.2. The predicted octanol–water partition coefficient (Wildman–Crippen LogP) is 1.95. The maximum Gasteiger partial charge on any atom is 0.0791 e. The highest BCUT2D eigenvalue weighted by atomic mass is 32.2. The summed E-state index contributed by atoms with van der Waals surface area (Å²) in [6.45, 7) is 10.1. The zero-order valence-corrected chi connectivity index (χ0v) is 13.0. The molecular weight excluding hydrogens is 244 g/mol. The monoisotopic (exact) mass is 274 g/mol. The Labute approximate surface area is 117 Å². The fourth-order valence-electron chi connectivity index (χ4n) is 2.66. The Balaban J connectivity index is 2.13. The van der Waals surface area contributed by atoms with E-state index in [2.05, 4.69) is 42.7 Å². The van der Waals surface area contributed by atoms with Crippen molar-refractivity contribution >= 4 is 11.8 Å². The Morgan fingerprint density at radius 1 is 1.28 bits per heavy atom. The normalized spacial score (nSPS) is 25.8. The summed E-state index contributed by atoms with van der Waals surface area (Å²) in [6.07, 6.45) is 3.65. The van der Waals surface area contributed by atoms with E-state index in [9.17, 15) is 5.11 Å². The second-order valence-corrected chi connectivity index (χ2v) is 6.71. The number of thioether (sulfide) groups is 1. The minimum atomic E-state index is -0.234. The smallest absolute Gasteiger partial charge is 0.0791 e. The van der Waals surface area contributed by atoms with Crippen LogP contribution in [0.25, 0.3) is 0 Å². The van der Waals surface area contributed by atoms with Crippen LogP contribution in [0.2, 0.25) is 0 Å². The molecule has 1 saturated carbocycles. The van der Waals surface area contributed by atoms with Gasteiger partial charge in [-0.25, -0.2) is 0 Å². The van der Waals surface area contributed by atoms with Gasteiger partial charge >= 0.3 is 0 Å². The Morgan fingerprint density at radius 3 is 2.61 bits per heavy atom. The van der Waals surface area contributed by atoms with Crippen LogP contribution >= 0.6 is 11.8 Å². The van der Waals surface area contributed by atoms with Crippen molar-refractivity contribution in [2.45, 2.75) is 57.4 Å². The summed E-state index contributed by atoms with van der Waals surface area (Å²) in [5, 5.41) is 14.4. The van der Waals surface area contributed by atoms with Crippen LogP contribution in [0.1, 0.15) is 40.0 Å². The molecule has 0 amide bonds. The van der Waals surface area contributed by atoms with Crippen LogP contribution in [-0.4, -0.2) is 59.3 Å². The van der Waals surface area contributed by atoms with Gasteiger partial charge in [0.05, 0.1) is 6.10 Å². The molecule has 3 unspecified atom stereocenters. The number of nitrogens with zero attached hydrogens (tertiary/aromatic N) is 1. The van der Waals surface area contributed by atoms with E-state index in [4.69, 9.17) is 0 Å². The topological polar surface area (TPSA) is 35.5 Å². The maximum absolute atomic E-state index is 10.0. The van der Waals surface area contributed by atoms with E-state index in [0.717, 1.165) is 31.4 Å². The van der Waals surface area contributed by atoms with E-state index >= 15 is 0 Å². The van der Waals surface area contributed by atoms with E-state index in [0.29, 0.717) is 6.04 Å². The van der Waals surface area contributed by atoms with E-state index in [1.165, 1.54) is 25.0 Å². The molecule has 108 valence electrons. The molecule has 0 radical (unpaired) electrons. The average molecular weight is 274 g/mol. The molecule has 0 aromatic heterocycles. The molecule has 1 fully saturated rings. The lowest BCUT2D eigenvalue weighted by Crippen LogP contribution is -2.41. The zero-order valence-electron chi connectivity index (χ0n) is 12.2. The number of likely N-dealkylation sites (N-methyl/N-ethyl adjacent to an activating group) is 1. The Morgan fingerprint density at radius 2 is 2.00 bits per heavy atom. The Kier molecular flexibility index (Phi) is 8.31. The van der Waals surface area contributed by atoms with Gasteiger partial charge in [0.15, 0.2) is 0 Å². The third kappa shape index (κ3) is 5.91. The fraction of sp³-hybridized carbons (Fsp3) is 1.00. The number of nitrogens with one attached hydrogen (secondary N) is 1. The molecule has 2 N–H and O–H groups in total. The summed E-state index contributed by atoms with van der Waals surface area (Å²) in [6, 6.07) is 0.625. The van der Waals surface area contributed by atoms with Crippen molar-refractivity contribution < 1.29 is 5.11 Å². The van der Waals surface area contributed by atoms with Gasteiger partial charge in [-0.1, -0.05) is 20.8 Å². The van der Waals surface area contributed by atoms with E-state index in [-0.39, 0.29) is 6.10 Å². The first-order valence-corrected chi connectivity index (χ1v) is 8.49. The third-order valence-electron chi connectivity index (χ3n) is 3.79. The molecule has 0 bridgehead atoms. The van der Waals surface area contributed by atoms with Gasteiger partial charge in [-0.15, -0.1) is 0 Å². The number of hydrogen-bond acceptors (Lipinski definition) is 4. The lowest BCUT2D eigenvalue weighted by molar-refractivity contribution is 0.114. The van der Waals surface area contributed by atoms with Gasteiger partial charge in [0.25, 0.3) is 0 Å². The highest BCUT2D eigenvalue weighted by Crippen LogP contribution is 2.29. The van der Waals surface area contributed by atoms with Crippen LogP contribution in [0.15, 0.2) is 0 Å². The average Bonchev–Trinajstić information content (AvgIpc) is 2.82. The zero-order chi connectivity index (χ0) is 13.4. The summed E-state index contributed by atoms with van der Waals surface area (Å²) < 4.78 is 0. The standard InChI is InChI=1S/C14H30N2OS/c1-4-16(5-2)11-13(17)10-15-12-7-8-14(9-12)18-6-3/h12-15,17H,4-11H2,1-3H3. The molecule has 18 heavy (non-hydrogen) atoms. The summed E-state index contributed by atoms with van der Waals surface area (Å²) in [4.78, 5) is 2.27. The van der Waals surface area contributed by atoms with Crippen LogP contribution in [-0.2, 0) is 0 Å². The predicted molar refractivity (Wildman–Crippen MR) is 81.4 cm³/mol. The molecule has 0 aromatic carbocycles. The van der Waals surface area contributed by atoms with Crippen LogP contribution in [0.5, 0.6) is 0 Å². The third-order valence-corrected chi connectivity index (χ3v) is 5.03. The van der Waals surface area contributed by atoms with Crippen molar-refractivity contribution in [1.29, 1.82) is 0 Å². The van der Waals surface area contributed by atoms with Crippen molar-refractivity contribution in [3.63, 3.8) is 0 Å². The lowest BCUT2D eigenvalue weighted by Gasteiger charge is -2.23. The van der Waals surface area contributed by atoms with Crippen molar-refractivity contribution in [2.24, 2.45) is 0 Å². The molecule has 0 heterocycles.